The van der Waals surface area contributed by atoms with E-state index in [0.29, 0.717) is 17.6 Å². The smallest absolute Gasteiger partial charge is 0.162 e. The van der Waals surface area contributed by atoms with Gasteiger partial charge in [0, 0.05) is 16.0 Å². The van der Waals surface area contributed by atoms with Crippen molar-refractivity contribution in [3.05, 3.63) is 38.9 Å². The van der Waals surface area contributed by atoms with Gasteiger partial charge < -0.3 is 5.73 Å². The Bertz CT molecular complexity index is 609. The van der Waals surface area contributed by atoms with Gasteiger partial charge in [-0.25, -0.2) is 9.97 Å². The summed E-state index contributed by atoms with van der Waals surface area (Å²) in [6.07, 6.45) is 2.37. The van der Waals surface area contributed by atoms with Gasteiger partial charge in [0.1, 0.15) is 5.82 Å². The average Bonchev–Trinajstić information content (AvgIpc) is 3.17. The van der Waals surface area contributed by atoms with Crippen LogP contribution in [0.1, 0.15) is 24.5 Å². The average molecular weight is 369 g/mol. The summed E-state index contributed by atoms with van der Waals surface area (Å²) in [6.45, 7) is 0. The highest BCUT2D eigenvalue weighted by atomic mass is 79.9. The largest absolute Gasteiger partial charge is 0.383 e. The van der Waals surface area contributed by atoms with Crippen LogP contribution in [0.3, 0.4) is 0 Å². The predicted molar refractivity (Wildman–Crippen MR) is 79.3 cm³/mol. The Hall–Kier alpha value is -0.940. The number of anilines is 1. The van der Waals surface area contributed by atoms with Crippen LogP contribution in [-0.2, 0) is 0 Å². The first-order chi connectivity index (χ1) is 8.66. The molecule has 1 fully saturated rings. The van der Waals surface area contributed by atoms with E-state index in [1.165, 1.54) is 12.8 Å². The Morgan fingerprint density at radius 1 is 1.11 bits per heavy atom. The summed E-state index contributed by atoms with van der Waals surface area (Å²) in [5, 5.41) is 0. The molecule has 0 saturated heterocycles. The van der Waals surface area contributed by atoms with E-state index < -0.39 is 0 Å². The summed E-state index contributed by atoms with van der Waals surface area (Å²) in [4.78, 5) is 9.02. The number of rotatable bonds is 2. The minimum absolute atomic E-state index is 0.512. The molecule has 1 heterocycles. The van der Waals surface area contributed by atoms with E-state index in [0.717, 1.165) is 20.2 Å². The van der Waals surface area contributed by atoms with Crippen LogP contribution in [0.5, 0.6) is 0 Å². The fraction of sp³-hybridized carbons (Fsp3) is 0.231. The van der Waals surface area contributed by atoms with E-state index in [-0.39, 0.29) is 0 Å². The third-order valence-electron chi connectivity index (χ3n) is 2.98. The number of nitrogens with two attached hydrogens (primary N) is 1. The lowest BCUT2D eigenvalue weighted by atomic mass is 10.2. The molecule has 1 aliphatic carbocycles. The molecular weight excluding hydrogens is 358 g/mol. The van der Waals surface area contributed by atoms with Crippen molar-refractivity contribution in [1.29, 1.82) is 0 Å². The molecule has 92 valence electrons. The standard InChI is InChI=1S/C13H11Br2N3/c14-9-4-2-1-3-8(9)13-17-11(7-5-6-7)10(15)12(16)18-13/h1-4,7H,5-6H2,(H2,16,17,18). The summed E-state index contributed by atoms with van der Waals surface area (Å²) < 4.78 is 1.83. The molecule has 3 rings (SSSR count). The summed E-state index contributed by atoms with van der Waals surface area (Å²) in [5.74, 6) is 1.73. The van der Waals surface area contributed by atoms with Crippen LogP contribution in [0.25, 0.3) is 11.4 Å². The van der Waals surface area contributed by atoms with Crippen LogP contribution in [-0.4, -0.2) is 9.97 Å². The van der Waals surface area contributed by atoms with Crippen molar-refractivity contribution in [1.82, 2.24) is 9.97 Å². The van der Waals surface area contributed by atoms with Crippen molar-refractivity contribution in [2.45, 2.75) is 18.8 Å². The zero-order valence-electron chi connectivity index (χ0n) is 9.53. The van der Waals surface area contributed by atoms with Crippen molar-refractivity contribution < 1.29 is 0 Å². The van der Waals surface area contributed by atoms with Crippen LogP contribution in [0.2, 0.25) is 0 Å². The molecule has 1 aliphatic rings. The van der Waals surface area contributed by atoms with Gasteiger partial charge in [-0.1, -0.05) is 34.1 Å². The first-order valence-electron chi connectivity index (χ1n) is 5.74. The fourth-order valence-corrected chi connectivity index (χ4v) is 2.84. The molecule has 1 saturated carbocycles. The van der Waals surface area contributed by atoms with Crippen molar-refractivity contribution in [3.8, 4) is 11.4 Å². The minimum atomic E-state index is 0.512. The highest BCUT2D eigenvalue weighted by Crippen LogP contribution is 2.44. The molecular formula is C13H11Br2N3. The minimum Gasteiger partial charge on any atom is -0.383 e. The summed E-state index contributed by atoms with van der Waals surface area (Å²) in [6, 6.07) is 7.91. The SMILES string of the molecule is Nc1nc(-c2ccccc2Br)nc(C2CC2)c1Br. The Morgan fingerprint density at radius 2 is 1.83 bits per heavy atom. The fourth-order valence-electron chi connectivity index (χ4n) is 1.87. The zero-order valence-corrected chi connectivity index (χ0v) is 12.7. The van der Waals surface area contributed by atoms with Gasteiger partial charge in [0.15, 0.2) is 5.82 Å². The molecule has 0 atom stereocenters. The second-order valence-corrected chi connectivity index (χ2v) is 6.03. The van der Waals surface area contributed by atoms with Crippen LogP contribution in [0.15, 0.2) is 33.2 Å². The Balaban J connectivity index is 2.16. The number of benzene rings is 1. The summed E-state index contributed by atoms with van der Waals surface area (Å²) >= 11 is 7.01. The Kier molecular flexibility index (Phi) is 3.11. The molecule has 5 heteroatoms. The van der Waals surface area contributed by atoms with Crippen LogP contribution in [0.4, 0.5) is 5.82 Å². The van der Waals surface area contributed by atoms with Gasteiger partial charge in [0.25, 0.3) is 0 Å². The van der Waals surface area contributed by atoms with E-state index in [2.05, 4.69) is 41.8 Å². The summed E-state index contributed by atoms with van der Waals surface area (Å²) in [7, 11) is 0. The number of nitrogens with zero attached hydrogens (tertiary/aromatic N) is 2. The molecule has 3 nitrogen and oxygen atoms in total. The van der Waals surface area contributed by atoms with Crippen LogP contribution >= 0.6 is 31.9 Å². The number of aromatic nitrogens is 2. The molecule has 2 aromatic rings. The van der Waals surface area contributed by atoms with Gasteiger partial charge in [-0.05, 0) is 34.8 Å². The van der Waals surface area contributed by atoms with Gasteiger partial charge in [-0.3, -0.25) is 0 Å². The van der Waals surface area contributed by atoms with Crippen LogP contribution < -0.4 is 5.73 Å². The lowest BCUT2D eigenvalue weighted by Gasteiger charge is -2.09. The molecule has 1 aromatic carbocycles. The molecule has 0 bridgehead atoms. The lowest BCUT2D eigenvalue weighted by Crippen LogP contribution is -2.02. The highest BCUT2D eigenvalue weighted by Gasteiger charge is 2.29. The molecule has 2 N–H and O–H groups in total. The molecule has 0 aliphatic heterocycles. The van der Waals surface area contributed by atoms with Crippen molar-refractivity contribution in [2.24, 2.45) is 0 Å². The number of nitrogen functional groups attached to an aromatic ring is 1. The van der Waals surface area contributed by atoms with Crippen molar-refractivity contribution >= 4 is 37.7 Å². The molecule has 0 radical (unpaired) electrons. The van der Waals surface area contributed by atoms with E-state index in [9.17, 15) is 0 Å². The van der Waals surface area contributed by atoms with Crippen molar-refractivity contribution in [2.75, 3.05) is 5.73 Å². The first-order valence-corrected chi connectivity index (χ1v) is 7.33. The van der Waals surface area contributed by atoms with Crippen molar-refractivity contribution in [3.63, 3.8) is 0 Å². The molecule has 0 spiro atoms. The first kappa shape index (κ1) is 12.1. The molecule has 18 heavy (non-hydrogen) atoms. The van der Waals surface area contributed by atoms with Gasteiger partial charge in [0.2, 0.25) is 0 Å². The van der Waals surface area contributed by atoms with Gasteiger partial charge >= 0.3 is 0 Å². The predicted octanol–water partition coefficient (Wildman–Crippen LogP) is 4.13. The van der Waals surface area contributed by atoms with E-state index in [1.807, 2.05) is 24.3 Å². The van der Waals surface area contributed by atoms with E-state index in [1.54, 1.807) is 0 Å². The quantitative estimate of drug-likeness (QED) is 0.866. The normalized spacial score (nSPS) is 14.8. The topological polar surface area (TPSA) is 51.8 Å². The molecule has 0 unspecified atom stereocenters. The molecule has 1 aromatic heterocycles. The number of hydrogen-bond acceptors (Lipinski definition) is 3. The maximum atomic E-state index is 5.96. The zero-order chi connectivity index (χ0) is 12.7. The van der Waals surface area contributed by atoms with Gasteiger partial charge in [-0.15, -0.1) is 0 Å². The maximum absolute atomic E-state index is 5.96. The number of halogens is 2. The third-order valence-corrected chi connectivity index (χ3v) is 4.49. The van der Waals surface area contributed by atoms with E-state index in [4.69, 9.17) is 5.73 Å². The second-order valence-electron chi connectivity index (χ2n) is 4.39. The monoisotopic (exact) mass is 367 g/mol. The maximum Gasteiger partial charge on any atom is 0.162 e. The Morgan fingerprint density at radius 3 is 2.50 bits per heavy atom. The van der Waals surface area contributed by atoms with Gasteiger partial charge in [0.05, 0.1) is 10.2 Å². The Labute approximate surface area is 122 Å². The lowest BCUT2D eigenvalue weighted by molar-refractivity contribution is 0.984. The molecule has 0 amide bonds. The summed E-state index contributed by atoms with van der Waals surface area (Å²) in [5.41, 5.74) is 7.97. The van der Waals surface area contributed by atoms with Gasteiger partial charge in [-0.2, -0.15) is 0 Å². The third kappa shape index (κ3) is 2.17. The number of hydrogen-bond donors (Lipinski definition) is 1. The van der Waals surface area contributed by atoms with Crippen LogP contribution in [0, 0.1) is 0 Å². The second kappa shape index (κ2) is 4.63. The van der Waals surface area contributed by atoms with E-state index >= 15 is 0 Å². The highest BCUT2D eigenvalue weighted by molar-refractivity contribution is 9.11.